The summed E-state index contributed by atoms with van der Waals surface area (Å²) in [5.74, 6) is 0.751. The number of benzene rings is 1. The molecular weight excluding hydrogens is 390 g/mol. The first-order valence-electron chi connectivity index (χ1n) is 10.9. The van der Waals surface area contributed by atoms with Crippen LogP contribution in [0.5, 0.6) is 0 Å². The second-order valence-electron chi connectivity index (χ2n) is 7.66. The van der Waals surface area contributed by atoms with Crippen molar-refractivity contribution in [3.63, 3.8) is 0 Å². The summed E-state index contributed by atoms with van der Waals surface area (Å²) in [6.07, 6.45) is 4.59. The molecule has 0 amide bonds. The predicted molar refractivity (Wildman–Crippen MR) is 126 cm³/mol. The zero-order valence-electron chi connectivity index (χ0n) is 18.3. The van der Waals surface area contributed by atoms with Crippen molar-refractivity contribution in [2.75, 3.05) is 63.7 Å². The fourth-order valence-corrected chi connectivity index (χ4v) is 3.88. The van der Waals surface area contributed by atoms with Crippen molar-refractivity contribution in [1.29, 1.82) is 0 Å². The molecule has 0 bridgehead atoms. The number of pyridine rings is 1. The third kappa shape index (κ3) is 5.28. The van der Waals surface area contributed by atoms with Crippen LogP contribution in [0.1, 0.15) is 6.42 Å². The highest BCUT2D eigenvalue weighted by Gasteiger charge is 2.21. The molecule has 1 atom stereocenters. The van der Waals surface area contributed by atoms with Gasteiger partial charge in [-0.15, -0.1) is 0 Å². The number of anilines is 2. The van der Waals surface area contributed by atoms with Gasteiger partial charge in [-0.1, -0.05) is 12.1 Å². The molecule has 1 unspecified atom stereocenters. The van der Waals surface area contributed by atoms with E-state index < -0.39 is 0 Å². The summed E-state index contributed by atoms with van der Waals surface area (Å²) in [5.41, 5.74) is 4.88. The summed E-state index contributed by atoms with van der Waals surface area (Å²) >= 11 is 0. The highest BCUT2D eigenvalue weighted by atomic mass is 16.5. The molecule has 2 fully saturated rings. The van der Waals surface area contributed by atoms with E-state index in [1.807, 2.05) is 20.2 Å². The minimum Gasteiger partial charge on any atom is -0.379 e. The minimum atomic E-state index is 0.582. The quantitative estimate of drug-likeness (QED) is 0.591. The van der Waals surface area contributed by atoms with Crippen molar-refractivity contribution in [2.24, 2.45) is 0 Å². The highest BCUT2D eigenvalue weighted by Crippen LogP contribution is 2.28. The van der Waals surface area contributed by atoms with Crippen molar-refractivity contribution >= 4 is 22.5 Å². The van der Waals surface area contributed by atoms with Crippen LogP contribution in [-0.4, -0.2) is 74.5 Å². The van der Waals surface area contributed by atoms with Crippen molar-refractivity contribution in [3.05, 3.63) is 42.7 Å². The third-order valence-corrected chi connectivity index (χ3v) is 5.66. The molecule has 0 spiro atoms. The summed E-state index contributed by atoms with van der Waals surface area (Å²) < 4.78 is 5.01. The van der Waals surface area contributed by atoms with Crippen molar-refractivity contribution in [2.45, 2.75) is 12.5 Å². The molecule has 1 aromatic carbocycles. The van der Waals surface area contributed by atoms with Crippen LogP contribution in [0.3, 0.4) is 0 Å². The van der Waals surface area contributed by atoms with E-state index in [4.69, 9.17) is 9.72 Å². The summed E-state index contributed by atoms with van der Waals surface area (Å²) in [4.78, 5) is 15.9. The molecule has 0 saturated carbocycles. The van der Waals surface area contributed by atoms with Crippen LogP contribution in [0.15, 0.2) is 42.7 Å². The average Bonchev–Trinajstić information content (AvgIpc) is 3.34. The lowest BCUT2D eigenvalue weighted by molar-refractivity contribution is 0.109. The Morgan fingerprint density at radius 2 is 1.84 bits per heavy atom. The van der Waals surface area contributed by atoms with Gasteiger partial charge in [-0.05, 0) is 31.7 Å². The number of morpholine rings is 1. The van der Waals surface area contributed by atoms with Gasteiger partial charge in [-0.25, -0.2) is 9.97 Å². The van der Waals surface area contributed by atoms with Gasteiger partial charge in [0.15, 0.2) is 5.82 Å². The smallest absolute Gasteiger partial charge is 0.154 e. The van der Waals surface area contributed by atoms with Gasteiger partial charge in [-0.3, -0.25) is 4.98 Å². The summed E-state index contributed by atoms with van der Waals surface area (Å²) in [6, 6.07) is 11.2. The summed E-state index contributed by atoms with van der Waals surface area (Å²) in [6.45, 7) is 5.99. The Morgan fingerprint density at radius 1 is 1.06 bits per heavy atom. The van der Waals surface area contributed by atoms with Crippen LogP contribution in [0.2, 0.25) is 0 Å². The fraction of sp³-hybridized carbons (Fsp3) is 0.435. The van der Waals surface area contributed by atoms with E-state index in [1.165, 1.54) is 12.1 Å². The first kappa shape index (κ1) is 21.4. The molecule has 5 rings (SSSR count). The average molecular weight is 422 g/mol. The maximum atomic E-state index is 5.01. The number of likely N-dealkylation sites (N-methyl/N-ethyl adjacent to an activating group) is 1. The number of hydrogen-bond donors (Lipinski definition) is 3. The molecule has 2 saturated heterocycles. The van der Waals surface area contributed by atoms with Crippen LogP contribution in [0.25, 0.3) is 22.3 Å². The van der Waals surface area contributed by atoms with Gasteiger partial charge < -0.3 is 25.6 Å². The molecule has 2 aliphatic heterocycles. The Hall–Kier alpha value is -2.81. The van der Waals surface area contributed by atoms with Gasteiger partial charge in [0.05, 0.1) is 24.4 Å². The molecule has 2 aliphatic rings. The lowest BCUT2D eigenvalue weighted by Crippen LogP contribution is -2.30. The molecule has 0 aliphatic carbocycles. The molecule has 2 aromatic heterocycles. The number of hydrogen-bond acceptors (Lipinski definition) is 8. The molecule has 31 heavy (non-hydrogen) atoms. The molecule has 3 N–H and O–H groups in total. The number of fused-ring (bicyclic) bond motifs is 1. The maximum Gasteiger partial charge on any atom is 0.154 e. The van der Waals surface area contributed by atoms with E-state index in [0.717, 1.165) is 67.5 Å². The first-order chi connectivity index (χ1) is 15.3. The number of rotatable bonds is 4. The van der Waals surface area contributed by atoms with Gasteiger partial charge >= 0.3 is 0 Å². The van der Waals surface area contributed by atoms with Crippen LogP contribution in [0.4, 0.5) is 11.5 Å². The Bertz CT molecular complexity index is 964. The van der Waals surface area contributed by atoms with Crippen molar-refractivity contribution < 1.29 is 4.74 Å². The molecule has 164 valence electrons. The third-order valence-electron chi connectivity index (χ3n) is 5.66. The largest absolute Gasteiger partial charge is 0.379 e. The van der Waals surface area contributed by atoms with Crippen molar-refractivity contribution in [3.8, 4) is 11.3 Å². The van der Waals surface area contributed by atoms with E-state index in [-0.39, 0.29) is 0 Å². The molecule has 3 aromatic rings. The summed E-state index contributed by atoms with van der Waals surface area (Å²) in [5, 5.41) is 9.64. The van der Waals surface area contributed by atoms with Gasteiger partial charge in [0.2, 0.25) is 0 Å². The van der Waals surface area contributed by atoms with Crippen LogP contribution >= 0.6 is 0 Å². The number of ether oxygens (including phenoxy) is 1. The monoisotopic (exact) mass is 421 g/mol. The van der Waals surface area contributed by atoms with Crippen LogP contribution in [-0.2, 0) is 4.74 Å². The highest BCUT2D eigenvalue weighted by molar-refractivity contribution is 5.88. The standard InChI is InChI=1S/C19H22N6.C4H9NO/c1-20-14-7-10-25(12-14)15-5-3-13(4-6-15)16-11-17-18(19(21-2)24-16)23-9-8-22-17;1-3-6-4-2-5-1/h3-6,8-9,11,14,20H,7,10,12H2,1-2H3,(H,21,24);5H,1-4H2. The van der Waals surface area contributed by atoms with Gasteiger partial charge in [0.1, 0.15) is 5.52 Å². The molecule has 8 heteroatoms. The van der Waals surface area contributed by atoms with Crippen molar-refractivity contribution in [1.82, 2.24) is 25.6 Å². The second-order valence-corrected chi connectivity index (χ2v) is 7.66. The number of nitrogens with zero attached hydrogens (tertiary/aromatic N) is 4. The SMILES string of the molecule is C1COCCN1.CNc1nc(-c2ccc(N3CCC(NC)C3)cc2)cc2nccnc12. The summed E-state index contributed by atoms with van der Waals surface area (Å²) in [7, 11) is 3.89. The molecule has 4 heterocycles. The lowest BCUT2D eigenvalue weighted by atomic mass is 10.1. The number of nitrogens with one attached hydrogen (secondary N) is 3. The lowest BCUT2D eigenvalue weighted by Gasteiger charge is -2.19. The normalized spacial score (nSPS) is 18.5. The zero-order chi connectivity index (χ0) is 21.5. The zero-order valence-corrected chi connectivity index (χ0v) is 18.3. The van der Waals surface area contributed by atoms with E-state index in [1.54, 1.807) is 12.4 Å². The van der Waals surface area contributed by atoms with E-state index in [0.29, 0.717) is 6.04 Å². The second kappa shape index (κ2) is 10.5. The van der Waals surface area contributed by atoms with Crippen LogP contribution < -0.4 is 20.9 Å². The Labute approximate surface area is 183 Å². The first-order valence-corrected chi connectivity index (χ1v) is 10.9. The predicted octanol–water partition coefficient (Wildman–Crippen LogP) is 2.14. The Balaban J connectivity index is 0.000000334. The Morgan fingerprint density at radius 3 is 2.45 bits per heavy atom. The topological polar surface area (TPSA) is 87.2 Å². The molecule has 8 nitrogen and oxygen atoms in total. The van der Waals surface area contributed by atoms with Gasteiger partial charge in [0.25, 0.3) is 0 Å². The Kier molecular flexibility index (Phi) is 7.24. The molecular formula is C23H31N7O. The van der Waals surface area contributed by atoms with Crippen LogP contribution in [0, 0.1) is 0 Å². The van der Waals surface area contributed by atoms with E-state index in [9.17, 15) is 0 Å². The number of aromatic nitrogens is 3. The fourth-order valence-electron chi connectivity index (χ4n) is 3.88. The van der Waals surface area contributed by atoms with E-state index >= 15 is 0 Å². The van der Waals surface area contributed by atoms with E-state index in [2.05, 4.69) is 55.1 Å². The van der Waals surface area contributed by atoms with Gasteiger partial charge in [-0.2, -0.15) is 0 Å². The minimum absolute atomic E-state index is 0.582. The maximum absolute atomic E-state index is 5.01. The van der Waals surface area contributed by atoms with Gasteiger partial charge in [0, 0.05) is 62.9 Å². The molecule has 0 radical (unpaired) electrons.